The fourth-order valence-corrected chi connectivity index (χ4v) is 3.34. The van der Waals surface area contributed by atoms with Crippen LogP contribution in [0.1, 0.15) is 32.1 Å². The molecular formula is C11H19NO4S. The van der Waals surface area contributed by atoms with Crippen LogP contribution in [0, 0.1) is 5.92 Å². The number of carbonyl (C=O) groups excluding carboxylic acids is 1. The highest BCUT2D eigenvalue weighted by Gasteiger charge is 2.33. The van der Waals surface area contributed by atoms with Crippen LogP contribution in [-0.4, -0.2) is 44.7 Å². The van der Waals surface area contributed by atoms with Gasteiger partial charge in [0.25, 0.3) is 10.1 Å². The predicted octanol–water partition coefficient (Wildman–Crippen LogP) is 0.754. The first kappa shape index (κ1) is 12.8. The molecule has 0 aromatic rings. The minimum absolute atomic E-state index is 0.159. The Morgan fingerprint density at radius 3 is 2.47 bits per heavy atom. The first-order chi connectivity index (χ1) is 7.96. The molecule has 1 atom stereocenters. The van der Waals surface area contributed by atoms with Gasteiger partial charge in [-0.2, -0.15) is 8.42 Å². The Hall–Kier alpha value is -0.620. The third kappa shape index (κ3) is 3.42. The summed E-state index contributed by atoms with van der Waals surface area (Å²) in [5, 5.41) is 0. The molecule has 2 fully saturated rings. The second-order valence-corrected chi connectivity index (χ2v) is 6.58. The summed E-state index contributed by atoms with van der Waals surface area (Å²) in [6.07, 6.45) is 5.54. The van der Waals surface area contributed by atoms with Crippen molar-refractivity contribution in [3.63, 3.8) is 0 Å². The van der Waals surface area contributed by atoms with E-state index in [1.807, 2.05) is 0 Å². The molecule has 0 bridgehead atoms. The fourth-order valence-electron chi connectivity index (χ4n) is 2.69. The summed E-state index contributed by atoms with van der Waals surface area (Å²) in [6.45, 7) is 1.04. The fraction of sp³-hybridized carbons (Fsp3) is 0.909. The van der Waals surface area contributed by atoms with E-state index in [0.717, 1.165) is 31.9 Å². The van der Waals surface area contributed by atoms with Gasteiger partial charge in [0.1, 0.15) is 0 Å². The van der Waals surface area contributed by atoms with Crippen LogP contribution in [0.25, 0.3) is 0 Å². The van der Waals surface area contributed by atoms with Gasteiger partial charge in [0.15, 0.2) is 0 Å². The average Bonchev–Trinajstić information content (AvgIpc) is 2.83. The van der Waals surface area contributed by atoms with Crippen LogP contribution < -0.4 is 0 Å². The summed E-state index contributed by atoms with van der Waals surface area (Å²) < 4.78 is 26.9. The van der Waals surface area contributed by atoms with Crippen molar-refractivity contribution in [2.45, 2.75) is 38.2 Å². The van der Waals surface area contributed by atoms with E-state index < -0.39 is 10.1 Å². The second-order valence-electron chi connectivity index (χ2n) is 4.98. The quantitative estimate of drug-likeness (QED) is 0.703. The van der Waals surface area contributed by atoms with Crippen LogP contribution in [0.5, 0.6) is 0 Å². The van der Waals surface area contributed by atoms with Crippen LogP contribution in [0.3, 0.4) is 0 Å². The Kier molecular flexibility index (Phi) is 3.73. The van der Waals surface area contributed by atoms with E-state index >= 15 is 0 Å². The number of carbonyl (C=O) groups is 1. The molecule has 1 unspecified atom stereocenters. The first-order valence-corrected chi connectivity index (χ1v) is 7.94. The van der Waals surface area contributed by atoms with Crippen molar-refractivity contribution in [2.75, 3.05) is 19.3 Å². The highest BCUT2D eigenvalue weighted by Crippen LogP contribution is 2.28. The molecule has 0 aromatic carbocycles. The van der Waals surface area contributed by atoms with Crippen LogP contribution in [0.4, 0.5) is 0 Å². The Bertz CT molecular complexity index is 386. The highest BCUT2D eigenvalue weighted by molar-refractivity contribution is 7.86. The van der Waals surface area contributed by atoms with Gasteiger partial charge in [-0.15, -0.1) is 0 Å². The van der Waals surface area contributed by atoms with E-state index in [1.165, 1.54) is 0 Å². The Balaban J connectivity index is 1.87. The van der Waals surface area contributed by atoms with E-state index in [4.69, 9.17) is 4.18 Å². The number of amides is 1. The van der Waals surface area contributed by atoms with Crippen molar-refractivity contribution in [2.24, 2.45) is 5.92 Å². The van der Waals surface area contributed by atoms with Gasteiger partial charge >= 0.3 is 0 Å². The van der Waals surface area contributed by atoms with Gasteiger partial charge in [-0.3, -0.25) is 8.98 Å². The monoisotopic (exact) mass is 261 g/mol. The Labute approximate surface area is 102 Å². The standard InChI is InChI=1S/C11H19NO4S/c1-17(14,15)16-10-6-7-12(8-10)11(13)9-4-2-3-5-9/h9-10H,2-8H2,1H3. The molecule has 1 aliphatic heterocycles. The molecule has 1 amide bonds. The maximum atomic E-state index is 12.1. The summed E-state index contributed by atoms with van der Waals surface area (Å²) in [5.41, 5.74) is 0. The van der Waals surface area contributed by atoms with E-state index in [2.05, 4.69) is 0 Å². The number of likely N-dealkylation sites (tertiary alicyclic amines) is 1. The molecule has 2 rings (SSSR count). The van der Waals surface area contributed by atoms with E-state index in [1.54, 1.807) is 4.90 Å². The van der Waals surface area contributed by atoms with Gasteiger partial charge in [-0.05, 0) is 19.3 Å². The van der Waals surface area contributed by atoms with E-state index in [-0.39, 0.29) is 17.9 Å². The van der Waals surface area contributed by atoms with Crippen molar-refractivity contribution in [1.82, 2.24) is 4.90 Å². The summed E-state index contributed by atoms with van der Waals surface area (Å²) in [4.78, 5) is 13.8. The van der Waals surface area contributed by atoms with Gasteiger partial charge < -0.3 is 4.90 Å². The summed E-state index contributed by atoms with van der Waals surface area (Å²) >= 11 is 0. The molecule has 1 aliphatic carbocycles. The molecule has 1 heterocycles. The lowest BCUT2D eigenvalue weighted by molar-refractivity contribution is -0.134. The van der Waals surface area contributed by atoms with Gasteiger partial charge in [0, 0.05) is 19.0 Å². The smallest absolute Gasteiger partial charge is 0.264 e. The second kappa shape index (κ2) is 4.94. The number of rotatable bonds is 3. The maximum Gasteiger partial charge on any atom is 0.264 e. The molecule has 0 spiro atoms. The molecule has 6 heteroatoms. The van der Waals surface area contributed by atoms with Gasteiger partial charge in [-0.1, -0.05) is 12.8 Å². The lowest BCUT2D eigenvalue weighted by atomic mass is 10.1. The Morgan fingerprint density at radius 2 is 1.88 bits per heavy atom. The zero-order valence-electron chi connectivity index (χ0n) is 10.1. The third-order valence-corrected chi connectivity index (χ3v) is 4.09. The van der Waals surface area contributed by atoms with Crippen molar-refractivity contribution < 1.29 is 17.4 Å². The molecule has 2 aliphatic rings. The predicted molar refractivity (Wildman–Crippen MR) is 62.9 cm³/mol. The third-order valence-electron chi connectivity index (χ3n) is 3.47. The number of hydrogen-bond acceptors (Lipinski definition) is 4. The molecule has 98 valence electrons. The maximum absolute atomic E-state index is 12.1. The minimum Gasteiger partial charge on any atom is -0.340 e. The molecular weight excluding hydrogens is 242 g/mol. The first-order valence-electron chi connectivity index (χ1n) is 6.13. The molecule has 0 N–H and O–H groups in total. The van der Waals surface area contributed by atoms with Crippen LogP contribution in [0.15, 0.2) is 0 Å². The number of hydrogen-bond donors (Lipinski definition) is 0. The van der Waals surface area contributed by atoms with Crippen molar-refractivity contribution in [1.29, 1.82) is 0 Å². The highest BCUT2D eigenvalue weighted by atomic mass is 32.2. The van der Waals surface area contributed by atoms with Gasteiger partial charge in [0.05, 0.1) is 12.4 Å². The van der Waals surface area contributed by atoms with Crippen molar-refractivity contribution in [3.05, 3.63) is 0 Å². The molecule has 1 saturated carbocycles. The van der Waals surface area contributed by atoms with Crippen molar-refractivity contribution >= 4 is 16.0 Å². The molecule has 0 radical (unpaired) electrons. The van der Waals surface area contributed by atoms with Crippen LogP contribution >= 0.6 is 0 Å². The molecule has 1 saturated heterocycles. The summed E-state index contributed by atoms with van der Waals surface area (Å²) in [5.74, 6) is 0.342. The SMILES string of the molecule is CS(=O)(=O)OC1CCN(C(=O)C2CCCC2)C1. The van der Waals surface area contributed by atoms with Crippen molar-refractivity contribution in [3.8, 4) is 0 Å². The van der Waals surface area contributed by atoms with E-state index in [9.17, 15) is 13.2 Å². The lowest BCUT2D eigenvalue weighted by Gasteiger charge is -2.20. The van der Waals surface area contributed by atoms with Gasteiger partial charge in [0.2, 0.25) is 5.91 Å². The molecule has 17 heavy (non-hydrogen) atoms. The van der Waals surface area contributed by atoms with Gasteiger partial charge in [-0.25, -0.2) is 0 Å². The molecule has 5 nitrogen and oxygen atoms in total. The van der Waals surface area contributed by atoms with Crippen LogP contribution in [0.2, 0.25) is 0 Å². The zero-order valence-corrected chi connectivity index (χ0v) is 10.9. The average molecular weight is 261 g/mol. The topological polar surface area (TPSA) is 63.7 Å². The van der Waals surface area contributed by atoms with E-state index in [0.29, 0.717) is 19.5 Å². The molecule has 0 aromatic heterocycles. The van der Waals surface area contributed by atoms with Crippen LogP contribution in [-0.2, 0) is 19.1 Å². The largest absolute Gasteiger partial charge is 0.340 e. The summed E-state index contributed by atoms with van der Waals surface area (Å²) in [7, 11) is -3.41. The minimum atomic E-state index is -3.41. The normalized spacial score (nSPS) is 26.6. The Morgan fingerprint density at radius 1 is 1.24 bits per heavy atom. The zero-order chi connectivity index (χ0) is 12.5. The lowest BCUT2D eigenvalue weighted by Crippen LogP contribution is -2.34. The number of nitrogens with zero attached hydrogens (tertiary/aromatic N) is 1. The summed E-state index contributed by atoms with van der Waals surface area (Å²) in [6, 6.07) is 0.